The van der Waals surface area contributed by atoms with Crippen LogP contribution in [0.4, 0.5) is 11.5 Å². The summed E-state index contributed by atoms with van der Waals surface area (Å²) >= 11 is 6.14. The highest BCUT2D eigenvalue weighted by Gasteiger charge is 2.17. The number of nitrogens with one attached hydrogen (secondary N) is 2. The van der Waals surface area contributed by atoms with Crippen LogP contribution in [0.5, 0.6) is 0 Å². The van der Waals surface area contributed by atoms with Crippen molar-refractivity contribution in [1.29, 1.82) is 0 Å². The summed E-state index contributed by atoms with van der Waals surface area (Å²) in [5.41, 5.74) is 4.28. The Morgan fingerprint density at radius 1 is 1.14 bits per heavy atom. The number of aromatic nitrogens is 3. The van der Waals surface area contributed by atoms with Crippen molar-refractivity contribution in [3.05, 3.63) is 29.4 Å². The van der Waals surface area contributed by atoms with Gasteiger partial charge in [-0.2, -0.15) is 0 Å². The van der Waals surface area contributed by atoms with E-state index in [1.165, 1.54) is 0 Å². The number of nitrogen functional groups attached to an aromatic ring is 1. The fourth-order valence-electron chi connectivity index (χ4n) is 2.22. The summed E-state index contributed by atoms with van der Waals surface area (Å²) in [6, 6.07) is 7.50. The number of benzene rings is 1. The van der Waals surface area contributed by atoms with E-state index in [2.05, 4.69) is 30.8 Å². The van der Waals surface area contributed by atoms with Crippen molar-refractivity contribution in [1.82, 2.24) is 20.5 Å². The molecule has 1 aliphatic heterocycles. The Morgan fingerprint density at radius 2 is 1.86 bits per heavy atom. The Balaban J connectivity index is 1.92. The van der Waals surface area contributed by atoms with Gasteiger partial charge in [-0.15, -0.1) is 10.2 Å². The van der Waals surface area contributed by atoms with Gasteiger partial charge in [0.2, 0.25) is 0 Å². The van der Waals surface area contributed by atoms with E-state index in [0.29, 0.717) is 16.8 Å². The number of nitrogens with zero attached hydrogens (tertiary/aromatic N) is 4. The van der Waals surface area contributed by atoms with Crippen molar-refractivity contribution < 1.29 is 0 Å². The number of nitrogens with two attached hydrogens (primary N) is 1. The van der Waals surface area contributed by atoms with Gasteiger partial charge < -0.3 is 15.6 Å². The summed E-state index contributed by atoms with van der Waals surface area (Å²) < 4.78 is 0. The minimum atomic E-state index is 0.334. The molecule has 7 nitrogen and oxygen atoms in total. The van der Waals surface area contributed by atoms with Crippen molar-refractivity contribution in [2.75, 3.05) is 36.5 Å². The van der Waals surface area contributed by atoms with Crippen molar-refractivity contribution in [2.24, 2.45) is 5.84 Å². The Bertz CT molecular complexity index is 610. The predicted molar refractivity (Wildman–Crippen MR) is 83.2 cm³/mol. The van der Waals surface area contributed by atoms with Gasteiger partial charge in [0.15, 0.2) is 16.8 Å². The summed E-state index contributed by atoms with van der Waals surface area (Å²) in [5, 5.41) is 11.7. The number of hydrazine groups is 1. The molecule has 1 aliphatic rings. The van der Waals surface area contributed by atoms with E-state index in [4.69, 9.17) is 17.4 Å². The second-order valence-corrected chi connectivity index (χ2v) is 5.07. The summed E-state index contributed by atoms with van der Waals surface area (Å²) in [4.78, 5) is 6.68. The third-order valence-corrected chi connectivity index (χ3v) is 3.60. The Labute approximate surface area is 127 Å². The third kappa shape index (κ3) is 3.05. The number of hydrogen-bond donors (Lipinski definition) is 3. The van der Waals surface area contributed by atoms with Crippen molar-refractivity contribution in [3.63, 3.8) is 0 Å². The monoisotopic (exact) mass is 305 g/mol. The lowest BCUT2D eigenvalue weighted by molar-refractivity contribution is 0.583. The number of halogens is 1. The van der Waals surface area contributed by atoms with Crippen LogP contribution in [0, 0.1) is 0 Å². The van der Waals surface area contributed by atoms with Gasteiger partial charge >= 0.3 is 0 Å². The predicted octanol–water partition coefficient (Wildman–Crippen LogP) is 0.887. The van der Waals surface area contributed by atoms with E-state index in [9.17, 15) is 0 Å². The molecular weight excluding hydrogens is 290 g/mol. The molecule has 1 aromatic carbocycles. The van der Waals surface area contributed by atoms with Crippen LogP contribution < -0.4 is 21.5 Å². The van der Waals surface area contributed by atoms with E-state index in [1.54, 1.807) is 0 Å². The molecule has 3 rings (SSSR count). The third-order valence-electron chi connectivity index (χ3n) is 3.36. The Kier molecular flexibility index (Phi) is 4.14. The molecule has 0 unspecified atom stereocenters. The van der Waals surface area contributed by atoms with E-state index in [-0.39, 0.29) is 0 Å². The smallest absolute Gasteiger partial charge is 0.194 e. The van der Waals surface area contributed by atoms with E-state index in [1.807, 2.05) is 24.3 Å². The van der Waals surface area contributed by atoms with Gasteiger partial charge in [-0.1, -0.05) is 11.6 Å². The van der Waals surface area contributed by atoms with Crippen molar-refractivity contribution in [3.8, 4) is 11.4 Å². The van der Waals surface area contributed by atoms with Crippen LogP contribution >= 0.6 is 11.6 Å². The zero-order valence-electron chi connectivity index (χ0n) is 11.4. The van der Waals surface area contributed by atoms with Gasteiger partial charge in [0.05, 0.1) is 0 Å². The molecule has 0 spiro atoms. The number of hydrogen-bond acceptors (Lipinski definition) is 7. The highest BCUT2D eigenvalue weighted by atomic mass is 35.5. The normalized spacial score (nSPS) is 15.0. The summed E-state index contributed by atoms with van der Waals surface area (Å²) in [6.45, 7) is 3.53. The molecule has 2 heterocycles. The van der Waals surface area contributed by atoms with Crippen LogP contribution in [0.25, 0.3) is 11.4 Å². The molecule has 0 bridgehead atoms. The summed E-state index contributed by atoms with van der Waals surface area (Å²) in [6.07, 6.45) is 0. The summed E-state index contributed by atoms with van der Waals surface area (Å²) in [5.74, 6) is 6.59. The maximum atomic E-state index is 6.14. The number of piperazine rings is 1. The first kappa shape index (κ1) is 14.0. The van der Waals surface area contributed by atoms with E-state index in [0.717, 1.165) is 37.4 Å². The highest BCUT2D eigenvalue weighted by molar-refractivity contribution is 6.31. The molecule has 0 atom stereocenters. The van der Waals surface area contributed by atoms with Crippen LogP contribution in [-0.2, 0) is 0 Å². The molecule has 0 amide bonds. The lowest BCUT2D eigenvalue weighted by atomic mass is 10.2. The van der Waals surface area contributed by atoms with Gasteiger partial charge in [0, 0.05) is 37.4 Å². The molecule has 8 heteroatoms. The van der Waals surface area contributed by atoms with Gasteiger partial charge in [0.25, 0.3) is 0 Å². The first-order valence-corrected chi connectivity index (χ1v) is 7.08. The second-order valence-electron chi connectivity index (χ2n) is 4.71. The molecule has 1 aromatic heterocycles. The average molecular weight is 306 g/mol. The fourth-order valence-corrected chi connectivity index (χ4v) is 2.42. The molecule has 0 aliphatic carbocycles. The number of anilines is 2. The molecule has 0 saturated carbocycles. The van der Waals surface area contributed by atoms with Crippen LogP contribution in [0.15, 0.2) is 24.3 Å². The van der Waals surface area contributed by atoms with E-state index >= 15 is 0 Å². The topological polar surface area (TPSA) is 92.0 Å². The molecule has 1 saturated heterocycles. The van der Waals surface area contributed by atoms with Gasteiger partial charge in [-0.25, -0.2) is 4.98 Å². The van der Waals surface area contributed by atoms with Gasteiger partial charge in [-0.05, 0) is 24.3 Å². The van der Waals surface area contributed by atoms with Crippen LogP contribution in [-0.4, -0.2) is 41.4 Å². The highest BCUT2D eigenvalue weighted by Crippen LogP contribution is 2.24. The van der Waals surface area contributed by atoms with Gasteiger partial charge in [-0.3, -0.25) is 5.84 Å². The molecule has 4 N–H and O–H groups in total. The number of rotatable bonds is 3. The molecule has 110 valence electrons. The van der Waals surface area contributed by atoms with Crippen molar-refractivity contribution >= 4 is 23.1 Å². The van der Waals surface area contributed by atoms with Crippen LogP contribution in [0.2, 0.25) is 5.15 Å². The average Bonchev–Trinajstić information content (AvgIpc) is 2.56. The maximum Gasteiger partial charge on any atom is 0.194 e. The van der Waals surface area contributed by atoms with Crippen LogP contribution in [0.1, 0.15) is 0 Å². The largest absolute Gasteiger partial charge is 0.351 e. The van der Waals surface area contributed by atoms with E-state index < -0.39 is 0 Å². The summed E-state index contributed by atoms with van der Waals surface area (Å²) in [7, 11) is 0. The zero-order chi connectivity index (χ0) is 14.7. The molecule has 2 aromatic rings. The lowest BCUT2D eigenvalue weighted by Gasteiger charge is -2.28. The Hall–Kier alpha value is -1.96. The fraction of sp³-hybridized carbons (Fsp3) is 0.308. The molecule has 21 heavy (non-hydrogen) atoms. The molecule has 1 fully saturated rings. The Morgan fingerprint density at radius 3 is 2.52 bits per heavy atom. The maximum absolute atomic E-state index is 6.14. The minimum absolute atomic E-state index is 0.334. The first-order chi connectivity index (χ1) is 10.3. The SMILES string of the molecule is NNc1ccc(-c2nnc(Cl)c(N3CCNCC3)n2)cc1. The standard InChI is InChI=1S/C13H16ClN7/c14-11-13(21-7-5-16-6-8-21)17-12(20-19-11)9-1-3-10(18-15)4-2-9/h1-4,16,18H,5-8,15H2. The van der Waals surface area contributed by atoms with Crippen molar-refractivity contribution in [2.45, 2.75) is 0 Å². The second kappa shape index (κ2) is 6.21. The first-order valence-electron chi connectivity index (χ1n) is 6.71. The van der Waals surface area contributed by atoms with Crippen LogP contribution in [0.3, 0.4) is 0 Å². The molecular formula is C13H16ClN7. The van der Waals surface area contributed by atoms with Gasteiger partial charge in [0.1, 0.15) is 0 Å². The quantitative estimate of drug-likeness (QED) is 0.573. The lowest BCUT2D eigenvalue weighted by Crippen LogP contribution is -2.44. The zero-order valence-corrected chi connectivity index (χ0v) is 12.1. The molecule has 0 radical (unpaired) electrons. The minimum Gasteiger partial charge on any atom is -0.351 e.